The number of benzene rings is 2. The molecule has 0 aromatic heterocycles. The zero-order valence-corrected chi connectivity index (χ0v) is 20.2. The molecule has 1 aliphatic rings. The fourth-order valence-corrected chi connectivity index (χ4v) is 4.21. The summed E-state index contributed by atoms with van der Waals surface area (Å²) in [6.07, 6.45) is 0.0811. The summed E-state index contributed by atoms with van der Waals surface area (Å²) in [5, 5.41) is 3.33. The first kappa shape index (κ1) is 24.1. The van der Waals surface area contributed by atoms with E-state index in [-0.39, 0.29) is 18.1 Å². The minimum atomic E-state index is -3.45. The number of nitrogens with one attached hydrogen (secondary N) is 2. The molecule has 7 nitrogen and oxygen atoms in total. The van der Waals surface area contributed by atoms with Gasteiger partial charge in [0.05, 0.1) is 17.0 Å². The number of anilines is 2. The average Bonchev–Trinajstić information content (AvgIpc) is 2.71. The van der Waals surface area contributed by atoms with Gasteiger partial charge in [0.25, 0.3) is 5.91 Å². The van der Waals surface area contributed by atoms with Crippen LogP contribution >= 0.6 is 0 Å². The number of carbonyl (C=O) groups is 1. The van der Waals surface area contributed by atoms with Crippen molar-refractivity contribution in [3.63, 3.8) is 0 Å². The standard InChI is InChI=1S/C24H33N3O4S/c1-17-15-27(16-18(2)31-17)23(28)20-8-12-21(13-9-20)25-14-19-6-10-22(11-7-19)26-32(29,30)24(3,4)5/h6-13,17-18,25-26H,14-16H2,1-5H3/t17-,18+. The van der Waals surface area contributed by atoms with Gasteiger partial charge in [-0.15, -0.1) is 0 Å². The van der Waals surface area contributed by atoms with E-state index >= 15 is 0 Å². The van der Waals surface area contributed by atoms with E-state index in [1.807, 2.05) is 55.1 Å². The van der Waals surface area contributed by atoms with E-state index in [1.54, 1.807) is 32.9 Å². The molecule has 0 aliphatic carbocycles. The van der Waals surface area contributed by atoms with Gasteiger partial charge in [0.15, 0.2) is 0 Å². The van der Waals surface area contributed by atoms with Crippen molar-refractivity contribution in [2.75, 3.05) is 23.1 Å². The lowest BCUT2D eigenvalue weighted by atomic mass is 10.1. The predicted molar refractivity (Wildman–Crippen MR) is 128 cm³/mol. The molecule has 8 heteroatoms. The Labute approximate surface area is 191 Å². The van der Waals surface area contributed by atoms with Gasteiger partial charge in [0.2, 0.25) is 10.0 Å². The van der Waals surface area contributed by atoms with Crippen LogP contribution in [-0.4, -0.2) is 49.3 Å². The fraction of sp³-hybridized carbons (Fsp3) is 0.458. The van der Waals surface area contributed by atoms with E-state index < -0.39 is 14.8 Å². The Morgan fingerprint density at radius 3 is 2.03 bits per heavy atom. The molecule has 1 saturated heterocycles. The van der Waals surface area contributed by atoms with Crippen molar-refractivity contribution < 1.29 is 17.9 Å². The molecular weight excluding hydrogens is 426 g/mol. The van der Waals surface area contributed by atoms with Gasteiger partial charge in [-0.2, -0.15) is 0 Å². The molecule has 3 rings (SSSR count). The van der Waals surface area contributed by atoms with Crippen molar-refractivity contribution in [2.45, 2.75) is 58.1 Å². The fourth-order valence-electron chi connectivity index (χ4n) is 3.46. The van der Waals surface area contributed by atoms with Crippen molar-refractivity contribution in [3.05, 3.63) is 59.7 Å². The molecule has 2 aromatic rings. The van der Waals surface area contributed by atoms with Gasteiger partial charge >= 0.3 is 0 Å². The lowest BCUT2D eigenvalue weighted by Gasteiger charge is -2.35. The second kappa shape index (κ2) is 9.50. The van der Waals surface area contributed by atoms with Crippen LogP contribution in [0, 0.1) is 0 Å². The highest BCUT2D eigenvalue weighted by Gasteiger charge is 2.29. The van der Waals surface area contributed by atoms with Gasteiger partial charge in [-0.3, -0.25) is 9.52 Å². The van der Waals surface area contributed by atoms with Crippen molar-refractivity contribution in [2.24, 2.45) is 0 Å². The van der Waals surface area contributed by atoms with E-state index in [9.17, 15) is 13.2 Å². The molecule has 1 fully saturated rings. The van der Waals surface area contributed by atoms with Crippen molar-refractivity contribution in [1.82, 2.24) is 4.90 Å². The molecule has 0 bridgehead atoms. The Kier molecular flexibility index (Phi) is 7.15. The number of carbonyl (C=O) groups excluding carboxylic acids is 1. The first-order valence-corrected chi connectivity index (χ1v) is 12.3. The Morgan fingerprint density at radius 1 is 0.969 bits per heavy atom. The Morgan fingerprint density at radius 2 is 1.50 bits per heavy atom. The van der Waals surface area contributed by atoms with Crippen LogP contribution in [0.3, 0.4) is 0 Å². The SMILES string of the molecule is C[C@@H]1CN(C(=O)c2ccc(NCc3ccc(NS(=O)(=O)C(C)(C)C)cc3)cc2)C[C@H](C)O1. The molecule has 0 spiro atoms. The molecule has 2 atom stereocenters. The van der Waals surface area contributed by atoms with Crippen molar-refractivity contribution in [3.8, 4) is 0 Å². The van der Waals surface area contributed by atoms with Gasteiger partial charge in [-0.25, -0.2) is 8.42 Å². The molecule has 0 radical (unpaired) electrons. The molecule has 1 amide bonds. The zero-order chi connectivity index (χ0) is 23.5. The Bertz CT molecular complexity index is 1020. The largest absolute Gasteiger partial charge is 0.381 e. The average molecular weight is 460 g/mol. The third-order valence-electron chi connectivity index (χ3n) is 5.35. The summed E-state index contributed by atoms with van der Waals surface area (Å²) >= 11 is 0. The monoisotopic (exact) mass is 459 g/mol. The Hall–Kier alpha value is -2.58. The quantitative estimate of drug-likeness (QED) is 0.679. The number of hydrogen-bond acceptors (Lipinski definition) is 5. The van der Waals surface area contributed by atoms with Crippen LogP contribution in [0.15, 0.2) is 48.5 Å². The first-order chi connectivity index (χ1) is 14.9. The van der Waals surface area contributed by atoms with E-state index in [2.05, 4.69) is 10.0 Å². The molecule has 2 N–H and O–H groups in total. The van der Waals surface area contributed by atoms with E-state index in [4.69, 9.17) is 4.74 Å². The highest BCUT2D eigenvalue weighted by atomic mass is 32.2. The molecule has 32 heavy (non-hydrogen) atoms. The number of ether oxygens (including phenoxy) is 1. The maximum atomic E-state index is 12.8. The van der Waals surface area contributed by atoms with Gasteiger partial charge in [-0.05, 0) is 76.6 Å². The minimum absolute atomic E-state index is 0.0202. The maximum Gasteiger partial charge on any atom is 0.254 e. The highest BCUT2D eigenvalue weighted by Crippen LogP contribution is 2.21. The van der Waals surface area contributed by atoms with Crippen molar-refractivity contribution >= 4 is 27.3 Å². The van der Waals surface area contributed by atoms with Gasteiger partial charge < -0.3 is 15.0 Å². The van der Waals surface area contributed by atoms with Crippen LogP contribution in [-0.2, 0) is 21.3 Å². The van der Waals surface area contributed by atoms with Crippen LogP contribution in [0.1, 0.15) is 50.5 Å². The van der Waals surface area contributed by atoms with Crippen LogP contribution in [0.5, 0.6) is 0 Å². The lowest BCUT2D eigenvalue weighted by Crippen LogP contribution is -2.48. The molecule has 1 aliphatic heterocycles. The van der Waals surface area contributed by atoms with Gasteiger partial charge in [0, 0.05) is 36.6 Å². The summed E-state index contributed by atoms with van der Waals surface area (Å²) in [5.74, 6) is 0.0202. The van der Waals surface area contributed by atoms with Gasteiger partial charge in [0.1, 0.15) is 0 Å². The van der Waals surface area contributed by atoms with Crippen LogP contribution < -0.4 is 10.0 Å². The Balaban J connectivity index is 1.56. The molecule has 2 aromatic carbocycles. The molecule has 0 saturated carbocycles. The predicted octanol–water partition coefficient (Wildman–Crippen LogP) is 4.09. The number of hydrogen-bond donors (Lipinski definition) is 2. The molecule has 0 unspecified atom stereocenters. The minimum Gasteiger partial charge on any atom is -0.381 e. The zero-order valence-electron chi connectivity index (χ0n) is 19.4. The normalized spacial score (nSPS) is 19.5. The second-order valence-corrected chi connectivity index (χ2v) is 11.7. The van der Waals surface area contributed by atoms with Crippen LogP contribution in [0.25, 0.3) is 0 Å². The number of morpholine rings is 1. The number of nitrogens with zero attached hydrogens (tertiary/aromatic N) is 1. The van der Waals surface area contributed by atoms with Crippen LogP contribution in [0.4, 0.5) is 11.4 Å². The highest BCUT2D eigenvalue weighted by molar-refractivity contribution is 7.94. The summed E-state index contributed by atoms with van der Waals surface area (Å²) in [6.45, 7) is 10.7. The lowest BCUT2D eigenvalue weighted by molar-refractivity contribution is -0.0586. The molecule has 174 valence electrons. The summed E-state index contributed by atoms with van der Waals surface area (Å²) in [5.41, 5.74) is 3.12. The van der Waals surface area contributed by atoms with E-state index in [0.717, 1.165) is 11.3 Å². The summed E-state index contributed by atoms with van der Waals surface area (Å²) in [4.78, 5) is 14.6. The summed E-state index contributed by atoms with van der Waals surface area (Å²) in [6, 6.07) is 14.7. The summed E-state index contributed by atoms with van der Waals surface area (Å²) < 4.78 is 32.0. The summed E-state index contributed by atoms with van der Waals surface area (Å²) in [7, 11) is -3.45. The van der Waals surface area contributed by atoms with Crippen LogP contribution in [0.2, 0.25) is 0 Å². The maximum absolute atomic E-state index is 12.8. The van der Waals surface area contributed by atoms with E-state index in [1.165, 1.54) is 0 Å². The topological polar surface area (TPSA) is 87.7 Å². The third-order valence-corrected chi connectivity index (χ3v) is 7.46. The van der Waals surface area contributed by atoms with Gasteiger partial charge in [-0.1, -0.05) is 12.1 Å². The molecular formula is C24H33N3O4S. The first-order valence-electron chi connectivity index (χ1n) is 10.8. The number of amides is 1. The molecule has 1 heterocycles. The van der Waals surface area contributed by atoms with Crippen molar-refractivity contribution in [1.29, 1.82) is 0 Å². The smallest absolute Gasteiger partial charge is 0.254 e. The third kappa shape index (κ3) is 6.01. The number of sulfonamides is 1. The van der Waals surface area contributed by atoms with E-state index in [0.29, 0.717) is 30.9 Å². The second-order valence-electron chi connectivity index (χ2n) is 9.31. The number of rotatable bonds is 6.